The van der Waals surface area contributed by atoms with E-state index < -0.39 is 30.2 Å². The first-order valence-electron chi connectivity index (χ1n) is 18.2. The van der Waals surface area contributed by atoms with Crippen molar-refractivity contribution in [1.29, 1.82) is 0 Å². The SMILES string of the molecule is COc1cccc(C(N)=Nc2cc(C(=O)Nc3cc(C(=O)Nc4nc(C(=O)NCCCN(C)C)c(CCC(C)C)s4)n(C)c3)n(C)c2)c1.O=C(O)C(F)(F)F.O=C(O)C(F)(F)F. The van der Waals surface area contributed by atoms with Gasteiger partial charge in [-0.25, -0.2) is 19.6 Å². The summed E-state index contributed by atoms with van der Waals surface area (Å²) < 4.78 is 72.0. The lowest BCUT2D eigenvalue weighted by Crippen LogP contribution is -2.28. The van der Waals surface area contributed by atoms with Crippen molar-refractivity contribution in [2.24, 2.45) is 30.7 Å². The highest BCUT2D eigenvalue weighted by Gasteiger charge is 2.39. The number of hydrogen-bond acceptors (Lipinski definition) is 10. The van der Waals surface area contributed by atoms with Gasteiger partial charge in [0.2, 0.25) is 0 Å². The Balaban J connectivity index is 0.000000811. The van der Waals surface area contributed by atoms with Gasteiger partial charge in [-0.15, -0.1) is 11.3 Å². The first-order chi connectivity index (χ1) is 28.7. The van der Waals surface area contributed by atoms with Crippen LogP contribution in [0.3, 0.4) is 0 Å². The van der Waals surface area contributed by atoms with Crippen LogP contribution in [0, 0.1) is 5.92 Å². The number of nitrogens with one attached hydrogen (secondary N) is 3. The van der Waals surface area contributed by atoms with Gasteiger partial charge >= 0.3 is 24.3 Å². The molecule has 0 unspecified atom stereocenters. The summed E-state index contributed by atoms with van der Waals surface area (Å²) in [6.07, 6.45) is -4.42. The molecule has 4 aromatic rings. The Morgan fingerprint density at radius 2 is 1.47 bits per heavy atom. The number of aliphatic carboxylic acids is 2. The topological polar surface area (TPSA) is 236 Å². The second-order valence-electron chi connectivity index (χ2n) is 13.8. The Morgan fingerprint density at radius 3 is 2.02 bits per heavy atom. The van der Waals surface area contributed by atoms with Crippen molar-refractivity contribution in [1.82, 2.24) is 24.3 Å². The van der Waals surface area contributed by atoms with Gasteiger partial charge in [0.05, 0.1) is 18.5 Å². The van der Waals surface area contributed by atoms with Crippen molar-refractivity contribution in [3.05, 3.63) is 76.3 Å². The third-order valence-corrected chi connectivity index (χ3v) is 9.00. The standard InChI is InChI=1S/C34H45N9O4S.2C2HF3O2/c1-21(2)12-13-28-29(33(46)36-14-9-15-41(3)4)39-34(48-28)40-32(45)27-18-24(20-43(27)6)38-31(44)26-17-23(19-42(26)5)37-30(35)22-10-8-11-25(16-22)47-7;2*3-2(4,5)1(6)7/h8,10-11,16-21H,9,12-15H2,1-7H3,(H2,35,37)(H,36,46)(H,38,44)(H,39,40,45);2*(H,6,7). The number of amides is 3. The number of carbonyl (C=O) groups is 5. The average molecular weight is 904 g/mol. The van der Waals surface area contributed by atoms with Gasteiger partial charge in [0.15, 0.2) is 5.13 Å². The predicted molar refractivity (Wildman–Crippen MR) is 218 cm³/mol. The van der Waals surface area contributed by atoms with Crippen LogP contribution in [-0.4, -0.2) is 111 Å². The quantitative estimate of drug-likeness (QED) is 0.0355. The van der Waals surface area contributed by atoms with Crippen molar-refractivity contribution in [2.45, 2.75) is 45.5 Å². The fourth-order valence-electron chi connectivity index (χ4n) is 4.89. The highest BCUT2D eigenvalue weighted by molar-refractivity contribution is 7.16. The van der Waals surface area contributed by atoms with Crippen LogP contribution in [0.4, 0.5) is 42.8 Å². The number of carbonyl (C=O) groups excluding carboxylic acids is 3. The van der Waals surface area contributed by atoms with Crippen molar-refractivity contribution >= 4 is 63.3 Å². The third-order valence-electron chi connectivity index (χ3n) is 7.97. The van der Waals surface area contributed by atoms with Crippen molar-refractivity contribution < 1.29 is 65.3 Å². The molecule has 0 aliphatic heterocycles. The second kappa shape index (κ2) is 23.0. The van der Waals surface area contributed by atoms with Gasteiger partial charge in [-0.2, -0.15) is 26.3 Å². The number of carboxylic acid groups (broad SMARTS) is 2. The number of halogens is 6. The second-order valence-corrected chi connectivity index (χ2v) is 14.9. The molecule has 0 saturated carbocycles. The maximum atomic E-state index is 13.3. The zero-order valence-electron chi connectivity index (χ0n) is 34.6. The van der Waals surface area contributed by atoms with Crippen LogP contribution in [0.25, 0.3) is 0 Å². The van der Waals surface area contributed by atoms with Crippen LogP contribution in [0.2, 0.25) is 0 Å². The number of methoxy groups -OCH3 is 1. The number of anilines is 2. The molecule has 340 valence electrons. The summed E-state index contributed by atoms with van der Waals surface area (Å²) in [6, 6.07) is 10.5. The van der Waals surface area contributed by atoms with Crippen LogP contribution >= 0.6 is 11.3 Å². The molecule has 0 radical (unpaired) electrons. The molecule has 3 heterocycles. The average Bonchev–Trinajstić information content (AvgIpc) is 3.87. The molecule has 3 amide bonds. The minimum Gasteiger partial charge on any atom is -0.497 e. The number of aromatic nitrogens is 3. The van der Waals surface area contributed by atoms with Gasteiger partial charge in [-0.05, 0) is 70.1 Å². The zero-order chi connectivity index (χ0) is 47.1. The van der Waals surface area contributed by atoms with E-state index >= 15 is 0 Å². The van der Waals surface area contributed by atoms with Gasteiger partial charge in [0.1, 0.15) is 28.7 Å². The minimum atomic E-state index is -5.08. The number of carboxylic acids is 2. The molecule has 0 fully saturated rings. The fraction of sp³-hybridized carbons (Fsp3) is 0.395. The molecule has 1 aromatic carbocycles. The van der Waals surface area contributed by atoms with Gasteiger partial charge in [-0.3, -0.25) is 19.7 Å². The molecule has 7 N–H and O–H groups in total. The van der Waals surface area contributed by atoms with E-state index in [0.29, 0.717) is 63.8 Å². The number of ether oxygens (including phenoxy) is 1. The summed E-state index contributed by atoms with van der Waals surface area (Å²) in [6.45, 7) is 5.65. The van der Waals surface area contributed by atoms with E-state index in [1.165, 1.54) is 11.3 Å². The first kappa shape index (κ1) is 51.7. The molecule has 3 aromatic heterocycles. The van der Waals surface area contributed by atoms with Crippen molar-refractivity contribution in [3.8, 4) is 5.75 Å². The van der Waals surface area contributed by atoms with Crippen LogP contribution in [0.1, 0.15) is 68.6 Å². The van der Waals surface area contributed by atoms with E-state index in [2.05, 4.69) is 44.7 Å². The van der Waals surface area contributed by atoms with Gasteiger partial charge < -0.3 is 45.4 Å². The first-order valence-corrected chi connectivity index (χ1v) is 19.0. The van der Waals surface area contributed by atoms with E-state index in [1.54, 1.807) is 60.9 Å². The highest BCUT2D eigenvalue weighted by atomic mass is 32.1. The number of nitrogens with two attached hydrogens (primary N) is 1. The number of aryl methyl sites for hydroxylation is 3. The molecule has 17 nitrogen and oxygen atoms in total. The summed E-state index contributed by atoms with van der Waals surface area (Å²) >= 11 is 1.31. The molecule has 0 aliphatic rings. The van der Waals surface area contributed by atoms with Crippen LogP contribution in [0.5, 0.6) is 5.75 Å². The summed E-state index contributed by atoms with van der Waals surface area (Å²) in [4.78, 5) is 69.2. The van der Waals surface area contributed by atoms with Crippen molar-refractivity contribution in [3.63, 3.8) is 0 Å². The van der Waals surface area contributed by atoms with Crippen LogP contribution in [0.15, 0.2) is 53.8 Å². The lowest BCUT2D eigenvalue weighted by Gasteiger charge is -2.10. The lowest BCUT2D eigenvalue weighted by molar-refractivity contribution is -0.193. The van der Waals surface area contributed by atoms with Gasteiger partial charge in [0.25, 0.3) is 17.7 Å². The predicted octanol–water partition coefficient (Wildman–Crippen LogP) is 5.91. The van der Waals surface area contributed by atoms with Crippen LogP contribution in [-0.2, 0) is 30.1 Å². The molecule has 62 heavy (non-hydrogen) atoms. The van der Waals surface area contributed by atoms with E-state index in [-0.39, 0.29) is 17.6 Å². The fourth-order valence-corrected chi connectivity index (χ4v) is 5.86. The van der Waals surface area contributed by atoms with E-state index in [4.69, 9.17) is 30.3 Å². The number of rotatable bonds is 15. The maximum absolute atomic E-state index is 13.3. The molecule has 24 heteroatoms. The summed E-state index contributed by atoms with van der Waals surface area (Å²) in [5.74, 6) is -5.16. The number of aliphatic imine (C=N–C) groups is 1. The van der Waals surface area contributed by atoms with E-state index in [1.807, 2.05) is 32.3 Å². The molecule has 0 saturated heterocycles. The molecule has 4 rings (SSSR count). The smallest absolute Gasteiger partial charge is 0.490 e. The Labute approximate surface area is 355 Å². The van der Waals surface area contributed by atoms with Crippen LogP contribution < -0.4 is 26.4 Å². The number of amidine groups is 1. The molecule has 0 atom stereocenters. The molecular formula is C38H47F6N9O8S. The minimum absolute atomic E-state index is 0.245. The Bertz CT molecular complexity index is 2190. The Kier molecular flexibility index (Phi) is 19.2. The molecule has 0 aliphatic carbocycles. The maximum Gasteiger partial charge on any atom is 0.490 e. The number of alkyl halides is 6. The number of benzene rings is 1. The zero-order valence-corrected chi connectivity index (χ0v) is 35.4. The molecular weight excluding hydrogens is 857 g/mol. The lowest BCUT2D eigenvalue weighted by atomic mass is 10.1. The Morgan fingerprint density at radius 1 is 0.903 bits per heavy atom. The third kappa shape index (κ3) is 16.9. The van der Waals surface area contributed by atoms with Gasteiger partial charge in [0, 0.05) is 43.5 Å². The monoisotopic (exact) mass is 903 g/mol. The molecule has 0 bridgehead atoms. The number of thiazole rings is 1. The Hall–Kier alpha value is -6.43. The summed E-state index contributed by atoms with van der Waals surface area (Å²) in [5, 5.41) is 23.2. The number of hydrogen-bond donors (Lipinski definition) is 6. The van der Waals surface area contributed by atoms with Gasteiger partial charge in [-0.1, -0.05) is 26.0 Å². The summed E-state index contributed by atoms with van der Waals surface area (Å²) in [7, 11) is 9.00. The summed E-state index contributed by atoms with van der Waals surface area (Å²) in [5.41, 5.74) is 8.86. The van der Waals surface area contributed by atoms with E-state index in [0.717, 1.165) is 24.3 Å². The largest absolute Gasteiger partial charge is 0.497 e. The normalized spacial score (nSPS) is 11.6. The highest BCUT2D eigenvalue weighted by Crippen LogP contribution is 2.27. The van der Waals surface area contributed by atoms with E-state index in [9.17, 15) is 40.7 Å². The van der Waals surface area contributed by atoms with Crippen molar-refractivity contribution in [2.75, 3.05) is 44.9 Å². The number of nitrogens with zero attached hydrogens (tertiary/aromatic N) is 5. The molecule has 0 spiro atoms.